The van der Waals surface area contributed by atoms with Crippen LogP contribution in [0.25, 0.3) is 0 Å². The van der Waals surface area contributed by atoms with Gasteiger partial charge in [-0.15, -0.1) is 0 Å². The molecule has 0 atom stereocenters. The van der Waals surface area contributed by atoms with Crippen molar-refractivity contribution in [3.63, 3.8) is 0 Å². The van der Waals surface area contributed by atoms with Gasteiger partial charge in [0.1, 0.15) is 19.6 Å². The quantitative estimate of drug-likeness (QED) is 0.226. The van der Waals surface area contributed by atoms with E-state index in [-0.39, 0.29) is 19.6 Å². The highest BCUT2D eigenvalue weighted by molar-refractivity contribution is 5.66. The molecule has 6 nitrogen and oxygen atoms in total. The molecule has 0 aliphatic heterocycles. The lowest BCUT2D eigenvalue weighted by molar-refractivity contribution is -0.928. The lowest BCUT2D eigenvalue weighted by Crippen LogP contribution is -2.54. The van der Waals surface area contributed by atoms with Crippen molar-refractivity contribution < 1.29 is 29.3 Å². The van der Waals surface area contributed by atoms with E-state index in [1.807, 2.05) is 0 Å². The summed E-state index contributed by atoms with van der Waals surface area (Å²) in [7, 11) is 0. The number of ether oxygens (including phenoxy) is 1. The lowest BCUT2D eigenvalue weighted by Gasteiger charge is -2.37. The summed E-state index contributed by atoms with van der Waals surface area (Å²) < 4.78 is 6.00. The molecule has 0 aliphatic rings. The van der Waals surface area contributed by atoms with Crippen LogP contribution in [-0.4, -0.2) is 78.4 Å². The molecular formula is C17H34NO5+. The number of unbranched alkanes of at least 4 members (excludes halogenated alkanes) is 2. The number of aliphatic hydroxyl groups is 2. The molecule has 0 spiro atoms. The fourth-order valence-electron chi connectivity index (χ4n) is 2.50. The minimum Gasteiger partial charge on any atom is -0.481 e. The number of carbonyl (C=O) groups is 1. The van der Waals surface area contributed by atoms with Gasteiger partial charge in [-0.2, -0.15) is 0 Å². The highest BCUT2D eigenvalue weighted by atomic mass is 16.5. The molecule has 0 saturated carbocycles. The van der Waals surface area contributed by atoms with Crippen molar-refractivity contribution in [3.8, 4) is 0 Å². The lowest BCUT2D eigenvalue weighted by atomic mass is 10.2. The van der Waals surface area contributed by atoms with Crippen molar-refractivity contribution >= 4 is 5.97 Å². The number of rotatable bonds is 16. The highest BCUT2D eigenvalue weighted by Gasteiger charge is 2.27. The average Bonchev–Trinajstić information content (AvgIpc) is 2.52. The average molecular weight is 332 g/mol. The van der Waals surface area contributed by atoms with E-state index < -0.39 is 5.97 Å². The Morgan fingerprint density at radius 2 is 1.65 bits per heavy atom. The van der Waals surface area contributed by atoms with Gasteiger partial charge in [-0.25, -0.2) is 0 Å². The Bertz CT molecular complexity index is 314. The summed E-state index contributed by atoms with van der Waals surface area (Å²) in [6.45, 7) is 5.14. The standard InChI is InChI=1S/C17H33NO5/c1-2-3-4-5-6-7-15-23-16-12-18(10-13-19,11-14-20)9-8-17(21)22/h5-6,19-20H,2-4,7-16H2,1H3/p+1/b6-5+. The van der Waals surface area contributed by atoms with Crippen LogP contribution in [0.3, 0.4) is 0 Å². The van der Waals surface area contributed by atoms with E-state index in [4.69, 9.17) is 9.84 Å². The fraction of sp³-hybridized carbons (Fsp3) is 0.824. The van der Waals surface area contributed by atoms with Crippen molar-refractivity contribution in [1.29, 1.82) is 0 Å². The molecule has 23 heavy (non-hydrogen) atoms. The number of hydrogen-bond acceptors (Lipinski definition) is 4. The van der Waals surface area contributed by atoms with Gasteiger partial charge < -0.3 is 24.5 Å². The summed E-state index contributed by atoms with van der Waals surface area (Å²) in [5, 5.41) is 27.4. The van der Waals surface area contributed by atoms with Crippen LogP contribution in [0.4, 0.5) is 0 Å². The minimum atomic E-state index is -0.860. The molecule has 0 saturated heterocycles. The van der Waals surface area contributed by atoms with Crippen LogP contribution in [0.1, 0.15) is 39.0 Å². The number of allylic oxidation sites excluding steroid dienone is 1. The first-order valence-corrected chi connectivity index (χ1v) is 8.61. The first kappa shape index (κ1) is 22.1. The number of nitrogens with zero attached hydrogens (tertiary/aromatic N) is 1. The smallest absolute Gasteiger partial charge is 0.309 e. The topological polar surface area (TPSA) is 87.0 Å². The third-order valence-corrected chi connectivity index (χ3v) is 3.98. The number of carboxylic acid groups (broad SMARTS) is 1. The van der Waals surface area contributed by atoms with Gasteiger partial charge in [-0.05, 0) is 12.8 Å². The number of aliphatic hydroxyl groups excluding tert-OH is 2. The molecule has 3 N–H and O–H groups in total. The molecule has 0 aromatic carbocycles. The minimum absolute atomic E-state index is 0.0279. The second-order valence-electron chi connectivity index (χ2n) is 5.84. The summed E-state index contributed by atoms with van der Waals surface area (Å²) in [6.07, 6.45) is 8.73. The number of quaternary nitrogens is 1. The highest BCUT2D eigenvalue weighted by Crippen LogP contribution is 2.08. The maximum absolute atomic E-state index is 10.8. The summed E-state index contributed by atoms with van der Waals surface area (Å²) in [4.78, 5) is 10.8. The molecule has 0 heterocycles. The predicted molar refractivity (Wildman–Crippen MR) is 90.3 cm³/mol. The van der Waals surface area contributed by atoms with Gasteiger partial charge in [-0.3, -0.25) is 4.79 Å². The monoisotopic (exact) mass is 332 g/mol. The van der Waals surface area contributed by atoms with Crippen molar-refractivity contribution in [3.05, 3.63) is 12.2 Å². The Morgan fingerprint density at radius 3 is 2.22 bits per heavy atom. The molecule has 0 aromatic heterocycles. The normalized spacial score (nSPS) is 12.1. The summed E-state index contributed by atoms with van der Waals surface area (Å²) in [5.41, 5.74) is 0. The zero-order chi connectivity index (χ0) is 17.4. The molecule has 136 valence electrons. The molecule has 0 unspecified atom stereocenters. The second-order valence-corrected chi connectivity index (χ2v) is 5.84. The van der Waals surface area contributed by atoms with Crippen LogP contribution in [0.2, 0.25) is 0 Å². The Kier molecular flexibility index (Phi) is 14.0. The van der Waals surface area contributed by atoms with E-state index in [1.54, 1.807) is 0 Å². The van der Waals surface area contributed by atoms with Crippen LogP contribution in [0, 0.1) is 0 Å². The summed E-state index contributed by atoms with van der Waals surface area (Å²) in [5.74, 6) is -0.860. The van der Waals surface area contributed by atoms with Gasteiger partial charge in [0.2, 0.25) is 0 Å². The van der Waals surface area contributed by atoms with Crippen molar-refractivity contribution in [2.45, 2.75) is 39.0 Å². The Morgan fingerprint density at radius 1 is 1.00 bits per heavy atom. The molecule has 0 fully saturated rings. The van der Waals surface area contributed by atoms with E-state index in [0.717, 1.165) is 12.8 Å². The van der Waals surface area contributed by atoms with Crippen LogP contribution in [0.15, 0.2) is 12.2 Å². The van der Waals surface area contributed by atoms with E-state index in [1.165, 1.54) is 12.8 Å². The fourth-order valence-corrected chi connectivity index (χ4v) is 2.50. The van der Waals surface area contributed by atoms with Crippen LogP contribution < -0.4 is 0 Å². The van der Waals surface area contributed by atoms with Gasteiger partial charge in [0.05, 0.1) is 39.4 Å². The molecule has 6 heteroatoms. The van der Waals surface area contributed by atoms with Crippen LogP contribution in [0.5, 0.6) is 0 Å². The predicted octanol–water partition coefficient (Wildman–Crippen LogP) is 1.42. The van der Waals surface area contributed by atoms with Gasteiger partial charge in [-0.1, -0.05) is 31.9 Å². The Balaban J connectivity index is 4.11. The maximum atomic E-state index is 10.8. The number of aliphatic carboxylic acids is 1. The van der Waals surface area contributed by atoms with Crippen molar-refractivity contribution in [1.82, 2.24) is 0 Å². The third kappa shape index (κ3) is 12.2. The van der Waals surface area contributed by atoms with E-state index >= 15 is 0 Å². The van der Waals surface area contributed by atoms with Gasteiger partial charge in [0.25, 0.3) is 0 Å². The molecule has 0 bridgehead atoms. The summed E-state index contributed by atoms with van der Waals surface area (Å²) in [6, 6.07) is 0. The maximum Gasteiger partial charge on any atom is 0.309 e. The molecule has 0 amide bonds. The molecule has 0 aromatic rings. The zero-order valence-corrected chi connectivity index (χ0v) is 14.5. The molecular weight excluding hydrogens is 298 g/mol. The van der Waals surface area contributed by atoms with E-state index in [2.05, 4.69) is 19.1 Å². The molecule has 0 rings (SSSR count). The zero-order valence-electron chi connectivity index (χ0n) is 14.5. The van der Waals surface area contributed by atoms with E-state index in [0.29, 0.717) is 43.9 Å². The third-order valence-electron chi connectivity index (χ3n) is 3.98. The molecule has 0 aliphatic carbocycles. The van der Waals surface area contributed by atoms with Crippen LogP contribution >= 0.6 is 0 Å². The van der Waals surface area contributed by atoms with Gasteiger partial charge in [0, 0.05) is 0 Å². The van der Waals surface area contributed by atoms with E-state index in [9.17, 15) is 15.0 Å². The number of carboxylic acids is 1. The number of hydrogen-bond donors (Lipinski definition) is 3. The van der Waals surface area contributed by atoms with Gasteiger partial charge >= 0.3 is 5.97 Å². The van der Waals surface area contributed by atoms with Crippen molar-refractivity contribution in [2.24, 2.45) is 0 Å². The van der Waals surface area contributed by atoms with Gasteiger partial charge in [0.15, 0.2) is 0 Å². The Hall–Kier alpha value is -0.950. The Labute approximate surface area is 140 Å². The molecule has 0 radical (unpaired) electrons. The second kappa shape index (κ2) is 14.6. The first-order valence-electron chi connectivity index (χ1n) is 8.61. The van der Waals surface area contributed by atoms with Crippen molar-refractivity contribution in [2.75, 3.05) is 52.6 Å². The SMILES string of the molecule is CCCC/C=C/CCOCC[N+](CCO)(CCO)CCC(=O)O. The first-order chi connectivity index (χ1) is 11.1. The largest absolute Gasteiger partial charge is 0.481 e. The van der Waals surface area contributed by atoms with Crippen LogP contribution in [-0.2, 0) is 9.53 Å². The summed E-state index contributed by atoms with van der Waals surface area (Å²) >= 11 is 0.